The fraction of sp³-hybridized carbons (Fsp3) is 0.500. The Bertz CT molecular complexity index is 456. The van der Waals surface area contributed by atoms with Crippen molar-refractivity contribution in [2.45, 2.75) is 45.6 Å². The van der Waals surface area contributed by atoms with Crippen LogP contribution in [0.1, 0.15) is 51.3 Å². The molecule has 2 rings (SSSR count). The summed E-state index contributed by atoms with van der Waals surface area (Å²) in [5.41, 5.74) is 7.30. The van der Waals surface area contributed by atoms with E-state index >= 15 is 0 Å². The van der Waals surface area contributed by atoms with Gasteiger partial charge in [-0.3, -0.25) is 0 Å². The van der Waals surface area contributed by atoms with Crippen LogP contribution in [-0.2, 0) is 0 Å². The first-order valence-corrected chi connectivity index (χ1v) is 7.00. The van der Waals surface area contributed by atoms with Gasteiger partial charge in [0.05, 0.1) is 6.04 Å². The maximum Gasteiger partial charge on any atom is 0.134 e. The number of hydrogen-bond acceptors (Lipinski definition) is 2. The average Bonchev–Trinajstić information content (AvgIpc) is 2.83. The van der Waals surface area contributed by atoms with Crippen molar-refractivity contribution in [1.82, 2.24) is 0 Å². The molecule has 2 aromatic rings. The molecule has 1 heterocycles. The summed E-state index contributed by atoms with van der Waals surface area (Å²) in [4.78, 5) is 0. The van der Waals surface area contributed by atoms with E-state index in [2.05, 4.69) is 26.0 Å². The predicted octanol–water partition coefficient (Wildman–Crippen LogP) is 4.65. The first-order valence-electron chi connectivity index (χ1n) is 7.00. The van der Waals surface area contributed by atoms with Crippen molar-refractivity contribution in [3.8, 4) is 0 Å². The van der Waals surface area contributed by atoms with Crippen molar-refractivity contribution < 1.29 is 4.42 Å². The zero-order valence-electron chi connectivity index (χ0n) is 11.4. The number of fused-ring (bicyclic) bond motifs is 1. The second-order valence-electron chi connectivity index (χ2n) is 5.02. The van der Waals surface area contributed by atoms with Crippen molar-refractivity contribution in [2.75, 3.05) is 0 Å². The van der Waals surface area contributed by atoms with Crippen LogP contribution in [0, 0.1) is 5.92 Å². The standard InChI is InChI=1S/C16H23NO/c1-3-5-8-12(4-2)16(17)15-11-13-9-6-7-10-14(13)18-15/h6-7,9-12,16H,3-5,8,17H2,1-2H3. The Morgan fingerprint density at radius 2 is 2.00 bits per heavy atom. The third-order valence-corrected chi connectivity index (χ3v) is 3.73. The Morgan fingerprint density at radius 1 is 1.22 bits per heavy atom. The van der Waals surface area contributed by atoms with Gasteiger partial charge in [-0.1, -0.05) is 51.3 Å². The zero-order valence-corrected chi connectivity index (χ0v) is 11.4. The molecule has 0 aliphatic rings. The van der Waals surface area contributed by atoms with E-state index in [4.69, 9.17) is 10.2 Å². The summed E-state index contributed by atoms with van der Waals surface area (Å²) in [5.74, 6) is 1.45. The van der Waals surface area contributed by atoms with E-state index < -0.39 is 0 Å². The number of furan rings is 1. The van der Waals surface area contributed by atoms with E-state index in [9.17, 15) is 0 Å². The molecule has 0 fully saturated rings. The molecule has 0 aliphatic heterocycles. The average molecular weight is 245 g/mol. The Labute approximate surface area is 109 Å². The van der Waals surface area contributed by atoms with Gasteiger partial charge in [0.25, 0.3) is 0 Å². The van der Waals surface area contributed by atoms with Crippen molar-refractivity contribution in [3.63, 3.8) is 0 Å². The minimum absolute atomic E-state index is 0.0222. The Hall–Kier alpha value is -1.28. The monoisotopic (exact) mass is 245 g/mol. The second kappa shape index (κ2) is 6.05. The van der Waals surface area contributed by atoms with Crippen molar-refractivity contribution in [3.05, 3.63) is 36.1 Å². The molecule has 2 N–H and O–H groups in total. The number of benzene rings is 1. The van der Waals surface area contributed by atoms with Crippen LogP contribution in [-0.4, -0.2) is 0 Å². The summed E-state index contributed by atoms with van der Waals surface area (Å²) in [5, 5.41) is 1.15. The fourth-order valence-electron chi connectivity index (χ4n) is 2.50. The quantitative estimate of drug-likeness (QED) is 0.804. The van der Waals surface area contributed by atoms with Crippen molar-refractivity contribution >= 4 is 11.0 Å². The highest BCUT2D eigenvalue weighted by molar-refractivity contribution is 5.77. The van der Waals surface area contributed by atoms with Gasteiger partial charge in [-0.05, 0) is 24.5 Å². The van der Waals surface area contributed by atoms with Crippen LogP contribution in [0.5, 0.6) is 0 Å². The molecule has 0 radical (unpaired) electrons. The highest BCUT2D eigenvalue weighted by atomic mass is 16.3. The van der Waals surface area contributed by atoms with E-state index in [1.54, 1.807) is 0 Å². The fourth-order valence-corrected chi connectivity index (χ4v) is 2.50. The van der Waals surface area contributed by atoms with Crippen LogP contribution in [0.15, 0.2) is 34.7 Å². The number of nitrogens with two attached hydrogens (primary N) is 1. The SMILES string of the molecule is CCCCC(CC)C(N)c1cc2ccccc2o1. The van der Waals surface area contributed by atoms with Gasteiger partial charge in [-0.2, -0.15) is 0 Å². The maximum absolute atomic E-state index is 6.36. The lowest BCUT2D eigenvalue weighted by atomic mass is 9.90. The lowest BCUT2D eigenvalue weighted by Gasteiger charge is -2.20. The summed E-state index contributed by atoms with van der Waals surface area (Å²) in [7, 11) is 0. The Balaban J connectivity index is 2.18. The van der Waals surface area contributed by atoms with E-state index in [1.165, 1.54) is 19.3 Å². The van der Waals surface area contributed by atoms with Gasteiger partial charge in [-0.15, -0.1) is 0 Å². The van der Waals surface area contributed by atoms with Gasteiger partial charge in [0.2, 0.25) is 0 Å². The van der Waals surface area contributed by atoms with Gasteiger partial charge >= 0.3 is 0 Å². The normalized spacial score (nSPS) is 14.8. The smallest absolute Gasteiger partial charge is 0.134 e. The predicted molar refractivity (Wildman–Crippen MR) is 76.4 cm³/mol. The van der Waals surface area contributed by atoms with Crippen molar-refractivity contribution in [1.29, 1.82) is 0 Å². The third kappa shape index (κ3) is 2.75. The maximum atomic E-state index is 6.36. The Morgan fingerprint density at radius 3 is 2.67 bits per heavy atom. The molecule has 2 unspecified atom stereocenters. The largest absolute Gasteiger partial charge is 0.459 e. The summed E-state index contributed by atoms with van der Waals surface area (Å²) in [6.07, 6.45) is 4.76. The van der Waals surface area contributed by atoms with Gasteiger partial charge in [0, 0.05) is 5.39 Å². The third-order valence-electron chi connectivity index (χ3n) is 3.73. The highest BCUT2D eigenvalue weighted by Crippen LogP contribution is 2.30. The molecule has 18 heavy (non-hydrogen) atoms. The molecular formula is C16H23NO. The molecule has 98 valence electrons. The molecule has 0 saturated heterocycles. The number of para-hydroxylation sites is 1. The van der Waals surface area contributed by atoms with E-state index in [0.717, 1.165) is 23.2 Å². The van der Waals surface area contributed by atoms with Gasteiger partial charge in [0.1, 0.15) is 11.3 Å². The molecule has 0 bridgehead atoms. The molecule has 1 aromatic heterocycles. The molecule has 0 spiro atoms. The van der Waals surface area contributed by atoms with Gasteiger partial charge in [0.15, 0.2) is 0 Å². The minimum atomic E-state index is 0.0222. The molecule has 1 aromatic carbocycles. The van der Waals surface area contributed by atoms with Gasteiger partial charge in [-0.25, -0.2) is 0 Å². The lowest BCUT2D eigenvalue weighted by molar-refractivity contribution is 0.337. The van der Waals surface area contributed by atoms with Crippen LogP contribution in [0.25, 0.3) is 11.0 Å². The van der Waals surface area contributed by atoms with Crippen LogP contribution in [0.2, 0.25) is 0 Å². The number of rotatable bonds is 6. The molecule has 0 aliphatic carbocycles. The first kappa shape index (κ1) is 13.2. The molecule has 0 amide bonds. The summed E-state index contributed by atoms with van der Waals surface area (Å²) < 4.78 is 5.87. The molecule has 2 atom stereocenters. The van der Waals surface area contributed by atoms with Gasteiger partial charge < -0.3 is 10.2 Å². The molecule has 0 saturated carbocycles. The van der Waals surface area contributed by atoms with Crippen molar-refractivity contribution in [2.24, 2.45) is 11.7 Å². The summed E-state index contributed by atoms with van der Waals surface area (Å²) >= 11 is 0. The molecular weight excluding hydrogens is 222 g/mol. The highest BCUT2D eigenvalue weighted by Gasteiger charge is 2.20. The van der Waals surface area contributed by atoms with Crippen LogP contribution in [0.4, 0.5) is 0 Å². The van der Waals surface area contributed by atoms with Crippen LogP contribution in [0.3, 0.4) is 0 Å². The summed E-state index contributed by atoms with van der Waals surface area (Å²) in [6.45, 7) is 4.43. The number of hydrogen-bond donors (Lipinski definition) is 1. The van der Waals surface area contributed by atoms with Crippen LogP contribution >= 0.6 is 0 Å². The lowest BCUT2D eigenvalue weighted by Crippen LogP contribution is -2.20. The van der Waals surface area contributed by atoms with E-state index in [1.807, 2.05) is 18.2 Å². The summed E-state index contributed by atoms with van der Waals surface area (Å²) in [6, 6.07) is 10.2. The van der Waals surface area contributed by atoms with E-state index in [-0.39, 0.29) is 6.04 Å². The van der Waals surface area contributed by atoms with E-state index in [0.29, 0.717) is 5.92 Å². The molecule has 2 heteroatoms. The Kier molecular flexibility index (Phi) is 4.43. The first-order chi connectivity index (χ1) is 8.76. The zero-order chi connectivity index (χ0) is 13.0. The minimum Gasteiger partial charge on any atom is -0.459 e. The van der Waals surface area contributed by atoms with Crippen LogP contribution < -0.4 is 5.73 Å². The topological polar surface area (TPSA) is 39.2 Å². The number of unbranched alkanes of at least 4 members (excludes halogenated alkanes) is 1. The second-order valence-corrected chi connectivity index (χ2v) is 5.02. The molecule has 2 nitrogen and oxygen atoms in total.